The zero-order valence-corrected chi connectivity index (χ0v) is 14.7. The molecule has 0 saturated heterocycles. The van der Waals surface area contributed by atoms with Crippen molar-refractivity contribution in [2.24, 2.45) is 0 Å². The van der Waals surface area contributed by atoms with E-state index >= 15 is 0 Å². The summed E-state index contributed by atoms with van der Waals surface area (Å²) >= 11 is 0. The van der Waals surface area contributed by atoms with Crippen LogP contribution in [0.15, 0.2) is 47.6 Å². The monoisotopic (exact) mass is 379 g/mol. The fourth-order valence-corrected chi connectivity index (χ4v) is 3.05. The van der Waals surface area contributed by atoms with Gasteiger partial charge in [0.1, 0.15) is 17.9 Å². The number of aryl methyl sites for hydroxylation is 1. The van der Waals surface area contributed by atoms with Gasteiger partial charge in [-0.05, 0) is 36.8 Å². The summed E-state index contributed by atoms with van der Waals surface area (Å²) in [7, 11) is -3.40. The van der Waals surface area contributed by atoms with Gasteiger partial charge in [-0.2, -0.15) is 8.78 Å². The second-order valence-electron chi connectivity index (χ2n) is 5.66. The molecular formula is C17H15F2N3O3S. The number of nitrogens with zero attached hydrogens (tertiary/aromatic N) is 2. The van der Waals surface area contributed by atoms with Gasteiger partial charge in [-0.25, -0.2) is 18.4 Å². The molecule has 0 aliphatic rings. The van der Waals surface area contributed by atoms with E-state index in [9.17, 15) is 17.2 Å². The first-order valence-electron chi connectivity index (χ1n) is 7.51. The Morgan fingerprint density at radius 3 is 2.58 bits per heavy atom. The van der Waals surface area contributed by atoms with Crippen LogP contribution < -0.4 is 10.1 Å². The number of fused-ring (bicyclic) bond motifs is 1. The van der Waals surface area contributed by atoms with Crippen molar-refractivity contribution in [3.8, 4) is 5.75 Å². The molecule has 3 rings (SSSR count). The largest absolute Gasteiger partial charge is 0.434 e. The average molecular weight is 379 g/mol. The molecule has 0 amide bonds. The summed E-state index contributed by atoms with van der Waals surface area (Å²) in [4.78, 5) is 8.37. The Labute approximate surface area is 148 Å². The predicted molar refractivity (Wildman–Crippen MR) is 93.7 cm³/mol. The number of hydrogen-bond acceptors (Lipinski definition) is 6. The van der Waals surface area contributed by atoms with Crippen LogP contribution >= 0.6 is 0 Å². The number of rotatable bonds is 5. The van der Waals surface area contributed by atoms with Crippen LogP contribution in [0.2, 0.25) is 0 Å². The van der Waals surface area contributed by atoms with Gasteiger partial charge in [0.25, 0.3) is 0 Å². The molecule has 0 spiro atoms. The fraction of sp³-hybridized carbons (Fsp3) is 0.176. The van der Waals surface area contributed by atoms with Gasteiger partial charge in [0.15, 0.2) is 9.84 Å². The molecule has 6 nitrogen and oxygen atoms in total. The summed E-state index contributed by atoms with van der Waals surface area (Å²) in [5, 5.41) is 3.49. The Kier molecular flexibility index (Phi) is 4.73. The number of hydrogen-bond donors (Lipinski definition) is 1. The molecular weight excluding hydrogens is 364 g/mol. The lowest BCUT2D eigenvalue weighted by Gasteiger charge is -2.12. The number of alkyl halides is 2. The van der Waals surface area contributed by atoms with Gasteiger partial charge in [0.2, 0.25) is 0 Å². The van der Waals surface area contributed by atoms with Gasteiger partial charge >= 0.3 is 6.61 Å². The van der Waals surface area contributed by atoms with Gasteiger partial charge in [-0.1, -0.05) is 6.07 Å². The predicted octanol–water partition coefficient (Wildman–Crippen LogP) is 3.69. The van der Waals surface area contributed by atoms with E-state index in [0.717, 1.165) is 6.26 Å². The third kappa shape index (κ3) is 3.88. The number of halogens is 2. The highest BCUT2D eigenvalue weighted by Gasteiger charge is 2.13. The summed E-state index contributed by atoms with van der Waals surface area (Å²) < 4.78 is 53.1. The third-order valence-corrected chi connectivity index (χ3v) is 4.81. The van der Waals surface area contributed by atoms with Crippen molar-refractivity contribution in [1.82, 2.24) is 9.97 Å². The van der Waals surface area contributed by atoms with E-state index in [0.29, 0.717) is 28.0 Å². The van der Waals surface area contributed by atoms with E-state index in [1.54, 1.807) is 25.1 Å². The zero-order valence-electron chi connectivity index (χ0n) is 13.9. The Balaban J connectivity index is 2.03. The maximum absolute atomic E-state index is 12.5. The van der Waals surface area contributed by atoms with E-state index < -0.39 is 16.4 Å². The number of sulfone groups is 1. The van der Waals surface area contributed by atoms with E-state index in [1.807, 2.05) is 0 Å². The molecule has 0 fully saturated rings. The van der Waals surface area contributed by atoms with Crippen LogP contribution in [0.25, 0.3) is 10.9 Å². The lowest BCUT2D eigenvalue weighted by molar-refractivity contribution is -0.0502. The molecule has 1 heterocycles. The molecule has 136 valence electrons. The molecule has 1 N–H and O–H groups in total. The molecule has 2 aromatic carbocycles. The minimum atomic E-state index is -3.40. The van der Waals surface area contributed by atoms with Crippen molar-refractivity contribution < 1.29 is 21.9 Å². The van der Waals surface area contributed by atoms with Crippen LogP contribution in [0.5, 0.6) is 5.75 Å². The van der Waals surface area contributed by atoms with Crippen LogP contribution in [-0.2, 0) is 9.84 Å². The number of ether oxygens (including phenoxy) is 1. The standard InChI is InChI=1S/C17H15F2N3O3S/c1-10-3-4-11(7-15(10)25-17(18)19)22-16-13-8-12(26(2,23)24)5-6-14(13)20-9-21-16/h3-9,17H,1-2H3,(H,20,21,22). The summed E-state index contributed by atoms with van der Waals surface area (Å²) in [5.41, 5.74) is 1.57. The lowest BCUT2D eigenvalue weighted by Crippen LogP contribution is -2.04. The van der Waals surface area contributed by atoms with Gasteiger partial charge in [0, 0.05) is 23.4 Å². The van der Waals surface area contributed by atoms with Gasteiger partial charge < -0.3 is 10.1 Å². The van der Waals surface area contributed by atoms with Crippen molar-refractivity contribution in [3.63, 3.8) is 0 Å². The van der Waals surface area contributed by atoms with Crippen LogP contribution in [0.1, 0.15) is 5.56 Å². The van der Waals surface area contributed by atoms with Gasteiger partial charge in [-0.15, -0.1) is 0 Å². The van der Waals surface area contributed by atoms with Crippen molar-refractivity contribution in [2.75, 3.05) is 11.6 Å². The van der Waals surface area contributed by atoms with Crippen LogP contribution in [0, 0.1) is 6.92 Å². The van der Waals surface area contributed by atoms with Crippen molar-refractivity contribution >= 4 is 32.2 Å². The molecule has 0 aliphatic carbocycles. The van der Waals surface area contributed by atoms with Crippen molar-refractivity contribution in [3.05, 3.63) is 48.3 Å². The SMILES string of the molecule is Cc1ccc(Nc2ncnc3ccc(S(C)(=O)=O)cc23)cc1OC(F)F. The Hall–Kier alpha value is -2.81. The van der Waals surface area contributed by atoms with E-state index in [-0.39, 0.29) is 10.6 Å². The third-order valence-electron chi connectivity index (χ3n) is 3.70. The summed E-state index contributed by atoms with van der Waals surface area (Å²) in [5.74, 6) is 0.396. The molecule has 26 heavy (non-hydrogen) atoms. The van der Waals surface area contributed by atoms with Crippen molar-refractivity contribution in [2.45, 2.75) is 18.4 Å². The number of aromatic nitrogens is 2. The molecule has 0 saturated carbocycles. The van der Waals surface area contributed by atoms with Gasteiger partial charge in [-0.3, -0.25) is 0 Å². The molecule has 1 aromatic heterocycles. The van der Waals surface area contributed by atoms with E-state index in [4.69, 9.17) is 0 Å². The minimum absolute atomic E-state index is 0.0418. The Bertz CT molecular complexity index is 1070. The number of nitrogens with one attached hydrogen (secondary N) is 1. The highest BCUT2D eigenvalue weighted by atomic mass is 32.2. The minimum Gasteiger partial charge on any atom is -0.434 e. The quantitative estimate of drug-likeness (QED) is 0.728. The first-order chi connectivity index (χ1) is 12.2. The van der Waals surface area contributed by atoms with Crippen molar-refractivity contribution in [1.29, 1.82) is 0 Å². The molecule has 0 unspecified atom stereocenters. The Morgan fingerprint density at radius 1 is 1.12 bits per heavy atom. The Morgan fingerprint density at radius 2 is 1.88 bits per heavy atom. The molecule has 3 aromatic rings. The highest BCUT2D eigenvalue weighted by Crippen LogP contribution is 2.29. The normalized spacial score (nSPS) is 11.7. The maximum Gasteiger partial charge on any atom is 0.387 e. The summed E-state index contributed by atoms with van der Waals surface area (Å²) in [6, 6.07) is 9.26. The van der Waals surface area contributed by atoms with Crippen LogP contribution in [0.4, 0.5) is 20.3 Å². The number of benzene rings is 2. The molecule has 9 heteroatoms. The van der Waals surface area contributed by atoms with Crippen LogP contribution in [0.3, 0.4) is 0 Å². The fourth-order valence-electron chi connectivity index (χ4n) is 2.40. The summed E-state index contributed by atoms with van der Waals surface area (Å²) in [6.07, 6.45) is 2.44. The topological polar surface area (TPSA) is 81.2 Å². The smallest absolute Gasteiger partial charge is 0.387 e. The highest BCUT2D eigenvalue weighted by molar-refractivity contribution is 7.90. The zero-order chi connectivity index (χ0) is 18.9. The lowest BCUT2D eigenvalue weighted by atomic mass is 10.2. The number of anilines is 2. The van der Waals surface area contributed by atoms with E-state index in [2.05, 4.69) is 20.0 Å². The van der Waals surface area contributed by atoms with Crippen LogP contribution in [-0.4, -0.2) is 31.3 Å². The average Bonchev–Trinajstić information content (AvgIpc) is 2.56. The van der Waals surface area contributed by atoms with Gasteiger partial charge in [0.05, 0.1) is 10.4 Å². The molecule has 0 aliphatic heterocycles. The molecule has 0 bridgehead atoms. The second kappa shape index (κ2) is 6.83. The summed E-state index contributed by atoms with van der Waals surface area (Å²) in [6.45, 7) is -1.28. The maximum atomic E-state index is 12.5. The molecule has 0 radical (unpaired) electrons. The second-order valence-corrected chi connectivity index (χ2v) is 7.67. The molecule has 0 atom stereocenters. The first-order valence-corrected chi connectivity index (χ1v) is 9.40. The first kappa shape index (κ1) is 18.0. The van der Waals surface area contributed by atoms with E-state index in [1.165, 1.54) is 24.5 Å².